The highest BCUT2D eigenvalue weighted by Gasteiger charge is 2.09. The van der Waals surface area contributed by atoms with E-state index in [9.17, 15) is 0 Å². The van der Waals surface area contributed by atoms with Crippen molar-refractivity contribution in [2.24, 2.45) is 5.73 Å². The van der Waals surface area contributed by atoms with Gasteiger partial charge in [-0.3, -0.25) is 0 Å². The van der Waals surface area contributed by atoms with Gasteiger partial charge in [0, 0.05) is 20.5 Å². The topological polar surface area (TPSA) is 26.0 Å². The van der Waals surface area contributed by atoms with Gasteiger partial charge in [-0.25, -0.2) is 0 Å². The number of unbranched alkanes of at least 4 members (excludes halogenated alkanes) is 1. The second kappa shape index (κ2) is 6.51. The van der Waals surface area contributed by atoms with Gasteiger partial charge in [0.15, 0.2) is 0 Å². The minimum Gasteiger partial charge on any atom is -0.324 e. The van der Waals surface area contributed by atoms with Crippen LogP contribution in [0.4, 0.5) is 0 Å². The summed E-state index contributed by atoms with van der Waals surface area (Å²) >= 11 is 5.81. The minimum atomic E-state index is 0.0717. The summed E-state index contributed by atoms with van der Waals surface area (Å²) in [6.07, 6.45) is 7.92. The predicted molar refractivity (Wildman–Crippen MR) is 76.5 cm³/mol. The number of nitrogens with two attached hydrogens (primary N) is 1. The van der Waals surface area contributed by atoms with E-state index < -0.39 is 0 Å². The number of hydrogen-bond acceptors (Lipinski definition) is 1. The maximum atomic E-state index is 6.10. The summed E-state index contributed by atoms with van der Waals surface area (Å²) in [5, 5.41) is 0. The highest BCUT2D eigenvalue weighted by molar-refractivity contribution is 14.1. The quantitative estimate of drug-likeness (QED) is 0.481. The van der Waals surface area contributed by atoms with E-state index in [1.54, 1.807) is 0 Å². The third-order valence-corrected chi connectivity index (χ3v) is 3.59. The van der Waals surface area contributed by atoms with Crippen LogP contribution in [0.25, 0.3) is 0 Å². The molecule has 0 aromatic heterocycles. The summed E-state index contributed by atoms with van der Waals surface area (Å²) in [6.45, 7) is 0. The summed E-state index contributed by atoms with van der Waals surface area (Å²) in [7, 11) is 0. The first-order valence-corrected chi connectivity index (χ1v) is 6.66. The van der Waals surface area contributed by atoms with Crippen molar-refractivity contribution < 1.29 is 0 Å². The number of hydrogen-bond donors (Lipinski definition) is 1. The molecule has 0 fully saturated rings. The molecule has 0 saturated heterocycles. The molecule has 0 aliphatic carbocycles. The zero-order chi connectivity index (χ0) is 11.3. The number of rotatable bonds is 4. The van der Waals surface area contributed by atoms with Gasteiger partial charge in [-0.1, -0.05) is 15.9 Å². The molecule has 0 saturated carbocycles. The third kappa shape index (κ3) is 4.13. The van der Waals surface area contributed by atoms with Crippen molar-refractivity contribution in [1.29, 1.82) is 0 Å². The Morgan fingerprint density at radius 3 is 2.93 bits per heavy atom. The van der Waals surface area contributed by atoms with Crippen molar-refractivity contribution in [3.63, 3.8) is 0 Å². The summed E-state index contributed by atoms with van der Waals surface area (Å²) in [5.41, 5.74) is 7.27. The van der Waals surface area contributed by atoms with E-state index in [-0.39, 0.29) is 6.04 Å². The molecule has 1 aromatic carbocycles. The van der Waals surface area contributed by atoms with Gasteiger partial charge in [0.1, 0.15) is 0 Å². The lowest BCUT2D eigenvalue weighted by Gasteiger charge is -2.13. The van der Waals surface area contributed by atoms with Crippen molar-refractivity contribution in [3.8, 4) is 12.3 Å². The molecule has 0 aliphatic rings. The molecule has 0 amide bonds. The highest BCUT2D eigenvalue weighted by atomic mass is 127. The van der Waals surface area contributed by atoms with E-state index in [4.69, 9.17) is 12.2 Å². The van der Waals surface area contributed by atoms with Gasteiger partial charge >= 0.3 is 0 Å². The Morgan fingerprint density at radius 2 is 2.27 bits per heavy atom. The number of halogens is 2. The molecule has 1 rings (SSSR count). The van der Waals surface area contributed by atoms with Crippen LogP contribution in [0.2, 0.25) is 0 Å². The second-order valence-corrected chi connectivity index (χ2v) is 5.47. The second-order valence-electron chi connectivity index (χ2n) is 3.37. The number of benzene rings is 1. The van der Waals surface area contributed by atoms with Crippen LogP contribution in [0, 0.1) is 15.9 Å². The predicted octanol–water partition coefficient (Wildman–Crippen LogP) is 3.86. The maximum absolute atomic E-state index is 6.10. The van der Waals surface area contributed by atoms with E-state index in [1.807, 2.05) is 6.07 Å². The molecule has 1 unspecified atom stereocenters. The molecular formula is C12H13BrIN. The molecular weight excluding hydrogens is 365 g/mol. The first kappa shape index (κ1) is 13.0. The van der Waals surface area contributed by atoms with Crippen LogP contribution in [-0.2, 0) is 0 Å². The Hall–Kier alpha value is -0.0500. The summed E-state index contributed by atoms with van der Waals surface area (Å²) in [5.74, 6) is 2.63. The lowest BCUT2D eigenvalue weighted by atomic mass is 10.0. The van der Waals surface area contributed by atoms with Gasteiger partial charge in [0.05, 0.1) is 0 Å². The molecule has 1 nitrogen and oxygen atoms in total. The van der Waals surface area contributed by atoms with Gasteiger partial charge in [-0.15, -0.1) is 12.3 Å². The molecule has 0 bridgehead atoms. The highest BCUT2D eigenvalue weighted by Crippen LogP contribution is 2.26. The molecule has 2 N–H and O–H groups in total. The molecule has 1 atom stereocenters. The fraction of sp³-hybridized carbons (Fsp3) is 0.333. The van der Waals surface area contributed by atoms with Crippen LogP contribution >= 0.6 is 38.5 Å². The van der Waals surface area contributed by atoms with Crippen molar-refractivity contribution in [2.45, 2.75) is 25.3 Å². The maximum Gasteiger partial charge on any atom is 0.0306 e. The average molecular weight is 378 g/mol. The SMILES string of the molecule is C#CCCCC(N)c1cc(I)ccc1Br. The van der Waals surface area contributed by atoms with Crippen molar-refractivity contribution in [3.05, 3.63) is 31.8 Å². The van der Waals surface area contributed by atoms with Crippen LogP contribution in [0.3, 0.4) is 0 Å². The van der Waals surface area contributed by atoms with Gasteiger partial charge < -0.3 is 5.73 Å². The molecule has 0 spiro atoms. The monoisotopic (exact) mass is 377 g/mol. The van der Waals surface area contributed by atoms with Crippen LogP contribution in [-0.4, -0.2) is 0 Å². The third-order valence-electron chi connectivity index (χ3n) is 2.19. The van der Waals surface area contributed by atoms with Crippen molar-refractivity contribution in [2.75, 3.05) is 0 Å². The molecule has 0 aliphatic heterocycles. The smallest absolute Gasteiger partial charge is 0.0306 e. The first-order chi connectivity index (χ1) is 7.15. The molecule has 1 aromatic rings. The standard InChI is InChI=1S/C12H13BrIN/c1-2-3-4-5-12(15)10-8-9(14)6-7-11(10)13/h1,6-8,12H,3-5,15H2. The lowest BCUT2D eigenvalue weighted by molar-refractivity contribution is 0.618. The summed E-state index contributed by atoms with van der Waals surface area (Å²) in [6, 6.07) is 6.29. The van der Waals surface area contributed by atoms with Gasteiger partial charge in [0.25, 0.3) is 0 Å². The Balaban J connectivity index is 2.69. The Labute approximate surface area is 113 Å². The van der Waals surface area contributed by atoms with Crippen LogP contribution in [0.1, 0.15) is 30.9 Å². The Bertz CT molecular complexity index is 370. The fourth-order valence-electron chi connectivity index (χ4n) is 1.38. The zero-order valence-electron chi connectivity index (χ0n) is 8.34. The van der Waals surface area contributed by atoms with Gasteiger partial charge in [0.2, 0.25) is 0 Å². The summed E-state index contributed by atoms with van der Waals surface area (Å²) < 4.78 is 2.29. The molecule has 15 heavy (non-hydrogen) atoms. The molecule has 80 valence electrons. The Morgan fingerprint density at radius 1 is 1.53 bits per heavy atom. The van der Waals surface area contributed by atoms with E-state index in [2.05, 4.69) is 56.6 Å². The fourth-order valence-corrected chi connectivity index (χ4v) is 2.43. The van der Waals surface area contributed by atoms with E-state index in [1.165, 1.54) is 9.13 Å². The van der Waals surface area contributed by atoms with E-state index in [0.29, 0.717) is 0 Å². The first-order valence-electron chi connectivity index (χ1n) is 4.79. The number of terminal acetylenes is 1. The molecule has 0 heterocycles. The van der Waals surface area contributed by atoms with Gasteiger partial charge in [-0.05, 0) is 59.2 Å². The Kier molecular flexibility index (Phi) is 5.65. The van der Waals surface area contributed by atoms with Gasteiger partial charge in [-0.2, -0.15) is 0 Å². The van der Waals surface area contributed by atoms with E-state index in [0.717, 1.165) is 23.7 Å². The lowest BCUT2D eigenvalue weighted by Crippen LogP contribution is -2.11. The normalized spacial score (nSPS) is 12.1. The minimum absolute atomic E-state index is 0.0717. The molecule has 0 radical (unpaired) electrons. The summed E-state index contributed by atoms with van der Waals surface area (Å²) in [4.78, 5) is 0. The zero-order valence-corrected chi connectivity index (χ0v) is 12.1. The van der Waals surface area contributed by atoms with Crippen molar-refractivity contribution in [1.82, 2.24) is 0 Å². The van der Waals surface area contributed by atoms with Crippen LogP contribution in [0.5, 0.6) is 0 Å². The van der Waals surface area contributed by atoms with Crippen molar-refractivity contribution >= 4 is 38.5 Å². The van der Waals surface area contributed by atoms with E-state index >= 15 is 0 Å². The largest absolute Gasteiger partial charge is 0.324 e. The molecule has 3 heteroatoms. The van der Waals surface area contributed by atoms with Crippen LogP contribution in [0.15, 0.2) is 22.7 Å². The van der Waals surface area contributed by atoms with Crippen LogP contribution < -0.4 is 5.73 Å². The average Bonchev–Trinajstić information content (AvgIpc) is 2.22.